The summed E-state index contributed by atoms with van der Waals surface area (Å²) in [5, 5.41) is 0. The quantitative estimate of drug-likeness (QED) is 0.0811. The number of rotatable bonds is 24. The second-order valence-corrected chi connectivity index (χ2v) is 9.92. The lowest BCUT2D eigenvalue weighted by atomic mass is 10.0. The van der Waals surface area contributed by atoms with Gasteiger partial charge in [0.15, 0.2) is 0 Å². The summed E-state index contributed by atoms with van der Waals surface area (Å²) < 4.78 is 0. The van der Waals surface area contributed by atoms with Gasteiger partial charge >= 0.3 is 0 Å². The summed E-state index contributed by atoms with van der Waals surface area (Å²) in [6.07, 6.45) is 41.4. The van der Waals surface area contributed by atoms with Gasteiger partial charge in [-0.1, -0.05) is 134 Å². The zero-order valence-corrected chi connectivity index (χ0v) is 22.6. The van der Waals surface area contributed by atoms with Crippen molar-refractivity contribution < 1.29 is 0 Å². The van der Waals surface area contributed by atoms with Crippen molar-refractivity contribution in [3.05, 3.63) is 36.5 Å². The smallest absolute Gasteiger partial charge is 0.0275 e. The first kappa shape index (κ1) is 31.2. The van der Waals surface area contributed by atoms with Gasteiger partial charge in [-0.05, 0) is 59.0 Å². The molecule has 0 fully saturated rings. The molecule has 0 aliphatic rings. The lowest BCUT2D eigenvalue weighted by Gasteiger charge is -2.20. The van der Waals surface area contributed by atoms with Gasteiger partial charge in [0.2, 0.25) is 0 Å². The molecule has 0 rings (SSSR count). The SMILES string of the molecule is CCCCCCCCC=CCCCCCC=CC=CC(CCCCCCCCC)N(C)C. The van der Waals surface area contributed by atoms with E-state index in [1.807, 2.05) is 0 Å². The average molecular weight is 446 g/mol. The van der Waals surface area contributed by atoms with Crippen LogP contribution in [0.25, 0.3) is 0 Å². The van der Waals surface area contributed by atoms with Crippen LogP contribution < -0.4 is 0 Å². The van der Waals surface area contributed by atoms with Crippen LogP contribution in [0.4, 0.5) is 0 Å². The van der Waals surface area contributed by atoms with Crippen LogP contribution in [0.1, 0.15) is 142 Å². The molecule has 0 spiro atoms. The molecule has 32 heavy (non-hydrogen) atoms. The molecule has 0 aromatic heterocycles. The fraction of sp³-hybridized carbons (Fsp3) is 0.806. The Morgan fingerprint density at radius 1 is 0.500 bits per heavy atom. The van der Waals surface area contributed by atoms with E-state index in [9.17, 15) is 0 Å². The van der Waals surface area contributed by atoms with E-state index in [1.165, 1.54) is 128 Å². The average Bonchev–Trinajstić information content (AvgIpc) is 2.78. The van der Waals surface area contributed by atoms with Gasteiger partial charge < -0.3 is 4.90 Å². The molecule has 0 saturated heterocycles. The third-order valence-corrected chi connectivity index (χ3v) is 6.48. The van der Waals surface area contributed by atoms with Crippen LogP contribution in [0.15, 0.2) is 36.5 Å². The van der Waals surface area contributed by atoms with E-state index in [4.69, 9.17) is 0 Å². The minimum atomic E-state index is 0.582. The first-order chi connectivity index (χ1) is 15.7. The van der Waals surface area contributed by atoms with Gasteiger partial charge in [-0.25, -0.2) is 0 Å². The molecule has 1 atom stereocenters. The zero-order valence-electron chi connectivity index (χ0n) is 22.6. The molecule has 0 aliphatic carbocycles. The van der Waals surface area contributed by atoms with Crippen molar-refractivity contribution in [2.75, 3.05) is 14.1 Å². The normalized spacial score (nSPS) is 13.4. The Hall–Kier alpha value is -0.820. The summed E-state index contributed by atoms with van der Waals surface area (Å²) in [6, 6.07) is 0.582. The van der Waals surface area contributed by atoms with Crippen molar-refractivity contribution in [3.8, 4) is 0 Å². The third kappa shape index (κ3) is 23.8. The highest BCUT2D eigenvalue weighted by Gasteiger charge is 2.06. The highest BCUT2D eigenvalue weighted by atomic mass is 15.1. The maximum atomic E-state index is 2.41. The summed E-state index contributed by atoms with van der Waals surface area (Å²) in [4.78, 5) is 2.36. The van der Waals surface area contributed by atoms with Gasteiger partial charge in [-0.3, -0.25) is 0 Å². The molecule has 0 radical (unpaired) electrons. The molecule has 1 nitrogen and oxygen atoms in total. The molecule has 188 valence electrons. The minimum Gasteiger partial charge on any atom is -0.303 e. The first-order valence-corrected chi connectivity index (χ1v) is 14.4. The van der Waals surface area contributed by atoms with Crippen molar-refractivity contribution in [3.63, 3.8) is 0 Å². The molecule has 0 amide bonds. The second kappa shape index (κ2) is 26.4. The lowest BCUT2D eigenvalue weighted by molar-refractivity contribution is 0.319. The van der Waals surface area contributed by atoms with E-state index >= 15 is 0 Å². The first-order valence-electron chi connectivity index (χ1n) is 14.4. The van der Waals surface area contributed by atoms with Crippen LogP contribution in [0.5, 0.6) is 0 Å². The Morgan fingerprint density at radius 3 is 1.47 bits per heavy atom. The second-order valence-electron chi connectivity index (χ2n) is 9.92. The van der Waals surface area contributed by atoms with Crippen molar-refractivity contribution in [1.29, 1.82) is 0 Å². The molecular formula is C31H59N. The predicted molar refractivity (Wildman–Crippen MR) is 149 cm³/mol. The van der Waals surface area contributed by atoms with E-state index in [0.29, 0.717) is 6.04 Å². The van der Waals surface area contributed by atoms with Crippen LogP contribution in [0.3, 0.4) is 0 Å². The van der Waals surface area contributed by atoms with Crippen molar-refractivity contribution in [2.45, 2.75) is 148 Å². The van der Waals surface area contributed by atoms with Gasteiger partial charge in [0, 0.05) is 6.04 Å². The Kier molecular flexibility index (Phi) is 25.8. The molecule has 0 N–H and O–H groups in total. The van der Waals surface area contributed by atoms with Gasteiger partial charge in [0.25, 0.3) is 0 Å². The number of nitrogens with zero attached hydrogens (tertiary/aromatic N) is 1. The van der Waals surface area contributed by atoms with Crippen LogP contribution in [-0.2, 0) is 0 Å². The summed E-state index contributed by atoms with van der Waals surface area (Å²) in [5.74, 6) is 0. The molecule has 0 saturated carbocycles. The monoisotopic (exact) mass is 445 g/mol. The van der Waals surface area contributed by atoms with E-state index in [1.54, 1.807) is 0 Å². The van der Waals surface area contributed by atoms with Gasteiger partial charge in [0.1, 0.15) is 0 Å². The maximum absolute atomic E-state index is 2.41. The number of unbranched alkanes of at least 4 members (excludes halogenated alkanes) is 16. The predicted octanol–water partition coefficient (Wildman–Crippen LogP) is 10.4. The maximum Gasteiger partial charge on any atom is 0.0275 e. The standard InChI is InChI=1S/C31H59N/c1-5-7-9-11-13-14-15-16-17-18-19-20-21-22-24-26-28-30-31(32(3)4)29-27-25-23-12-10-8-6-2/h16-17,24,26,28,30-31H,5-15,18-23,25,27,29H2,1-4H3. The topological polar surface area (TPSA) is 3.24 Å². The number of hydrogen-bond donors (Lipinski definition) is 0. The van der Waals surface area contributed by atoms with Crippen LogP contribution in [0, 0.1) is 0 Å². The lowest BCUT2D eigenvalue weighted by Crippen LogP contribution is -2.25. The number of hydrogen-bond acceptors (Lipinski definition) is 1. The fourth-order valence-corrected chi connectivity index (χ4v) is 4.18. The van der Waals surface area contributed by atoms with Crippen molar-refractivity contribution in [2.24, 2.45) is 0 Å². The largest absolute Gasteiger partial charge is 0.303 e. The summed E-state index contributed by atoms with van der Waals surface area (Å²) in [5.41, 5.74) is 0. The fourth-order valence-electron chi connectivity index (χ4n) is 4.18. The molecule has 0 aromatic carbocycles. The molecule has 0 aromatic rings. The number of likely N-dealkylation sites (N-methyl/N-ethyl adjacent to an activating group) is 1. The zero-order chi connectivity index (χ0) is 23.5. The molecule has 0 bridgehead atoms. The summed E-state index contributed by atoms with van der Waals surface area (Å²) in [7, 11) is 4.42. The number of allylic oxidation sites excluding steroid dienone is 5. The molecule has 0 heterocycles. The van der Waals surface area contributed by atoms with Crippen molar-refractivity contribution in [1.82, 2.24) is 4.90 Å². The van der Waals surface area contributed by atoms with E-state index in [-0.39, 0.29) is 0 Å². The molecule has 0 aliphatic heterocycles. The van der Waals surface area contributed by atoms with Gasteiger partial charge in [-0.15, -0.1) is 0 Å². The van der Waals surface area contributed by atoms with Gasteiger partial charge in [-0.2, -0.15) is 0 Å². The van der Waals surface area contributed by atoms with Crippen LogP contribution in [-0.4, -0.2) is 25.0 Å². The molecular weight excluding hydrogens is 386 g/mol. The van der Waals surface area contributed by atoms with Gasteiger partial charge in [0.05, 0.1) is 0 Å². The summed E-state index contributed by atoms with van der Waals surface area (Å²) >= 11 is 0. The van der Waals surface area contributed by atoms with E-state index in [0.717, 1.165) is 0 Å². The van der Waals surface area contributed by atoms with Crippen LogP contribution in [0.2, 0.25) is 0 Å². The van der Waals surface area contributed by atoms with E-state index < -0.39 is 0 Å². The minimum absolute atomic E-state index is 0.582. The third-order valence-electron chi connectivity index (χ3n) is 6.48. The Labute approximate surface area is 203 Å². The highest BCUT2D eigenvalue weighted by Crippen LogP contribution is 2.13. The molecule has 1 unspecified atom stereocenters. The Bertz CT molecular complexity index is 432. The summed E-state index contributed by atoms with van der Waals surface area (Å²) in [6.45, 7) is 4.58. The van der Waals surface area contributed by atoms with E-state index in [2.05, 4.69) is 69.3 Å². The highest BCUT2D eigenvalue weighted by molar-refractivity contribution is 5.06. The van der Waals surface area contributed by atoms with Crippen LogP contribution >= 0.6 is 0 Å². The molecule has 1 heteroatoms. The van der Waals surface area contributed by atoms with Crippen molar-refractivity contribution >= 4 is 0 Å². The Morgan fingerprint density at radius 2 is 0.938 bits per heavy atom. The Balaban J connectivity index is 3.62.